The molecule has 18 heavy (non-hydrogen) atoms. The van der Waals surface area contributed by atoms with Gasteiger partial charge < -0.3 is 0 Å². The summed E-state index contributed by atoms with van der Waals surface area (Å²) < 4.78 is 1.01. The van der Waals surface area contributed by atoms with E-state index in [9.17, 15) is 0 Å². The van der Waals surface area contributed by atoms with Crippen molar-refractivity contribution in [1.29, 1.82) is 0 Å². The molecule has 2 rings (SSSR count). The second-order valence-corrected chi connectivity index (χ2v) is 5.90. The molecule has 0 radical (unpaired) electrons. The van der Waals surface area contributed by atoms with Crippen molar-refractivity contribution in [2.24, 2.45) is 0 Å². The van der Waals surface area contributed by atoms with Gasteiger partial charge in [-0.05, 0) is 72.6 Å². The van der Waals surface area contributed by atoms with Crippen LogP contribution in [-0.4, -0.2) is 15.0 Å². The number of hydrogen-bond donors (Lipinski definition) is 0. The topological polar surface area (TPSA) is 38.7 Å². The molecule has 0 saturated carbocycles. The maximum absolute atomic E-state index is 4.49. The molecule has 0 unspecified atom stereocenters. The third-order valence-corrected chi connectivity index (χ3v) is 4.98. The van der Waals surface area contributed by atoms with Gasteiger partial charge in [0, 0.05) is 17.6 Å². The van der Waals surface area contributed by atoms with Crippen molar-refractivity contribution in [1.82, 2.24) is 15.0 Å². The lowest BCUT2D eigenvalue weighted by molar-refractivity contribution is 0.877. The van der Waals surface area contributed by atoms with E-state index >= 15 is 0 Å². The fraction of sp³-hybridized carbons (Fsp3) is 0.308. The zero-order valence-electron chi connectivity index (χ0n) is 10.8. The Labute approximate surface area is 120 Å². The van der Waals surface area contributed by atoms with Gasteiger partial charge in [-0.25, -0.2) is 15.0 Å². The van der Waals surface area contributed by atoms with Crippen LogP contribution >= 0.6 is 27.7 Å². The lowest BCUT2D eigenvalue weighted by Crippen LogP contribution is -1.98. The first-order valence-electron chi connectivity index (χ1n) is 5.60. The highest BCUT2D eigenvalue weighted by Crippen LogP contribution is 2.31. The highest BCUT2D eigenvalue weighted by molar-refractivity contribution is 9.10. The van der Waals surface area contributed by atoms with Crippen LogP contribution in [0.4, 0.5) is 0 Å². The Morgan fingerprint density at radius 2 is 1.67 bits per heavy atom. The Kier molecular flexibility index (Phi) is 4.02. The van der Waals surface area contributed by atoms with Crippen LogP contribution in [-0.2, 0) is 0 Å². The standard InChI is InChI=1S/C13H14BrN3S/c1-7-5-6-15-12(11(7)14)18-13-16-9(3)8(2)10(4)17-13/h5-6H,1-4H3. The maximum atomic E-state index is 4.49. The average molecular weight is 324 g/mol. The molecule has 0 aliphatic carbocycles. The van der Waals surface area contributed by atoms with Gasteiger partial charge in [0.2, 0.25) is 0 Å². The van der Waals surface area contributed by atoms with E-state index in [1.165, 1.54) is 11.8 Å². The van der Waals surface area contributed by atoms with Crippen molar-refractivity contribution >= 4 is 27.7 Å². The van der Waals surface area contributed by atoms with Crippen LogP contribution in [0.1, 0.15) is 22.5 Å². The fourth-order valence-corrected chi connectivity index (χ4v) is 2.84. The average Bonchev–Trinajstić information content (AvgIpc) is 2.32. The van der Waals surface area contributed by atoms with Gasteiger partial charge in [-0.3, -0.25) is 0 Å². The molecule has 0 atom stereocenters. The van der Waals surface area contributed by atoms with E-state index < -0.39 is 0 Å². The molecule has 2 aromatic heterocycles. The Bertz CT molecular complexity index is 576. The van der Waals surface area contributed by atoms with Crippen molar-refractivity contribution in [3.8, 4) is 0 Å². The van der Waals surface area contributed by atoms with Crippen LogP contribution in [0.2, 0.25) is 0 Å². The van der Waals surface area contributed by atoms with E-state index in [0.717, 1.165) is 37.2 Å². The molecule has 5 heteroatoms. The second kappa shape index (κ2) is 5.36. The van der Waals surface area contributed by atoms with Crippen LogP contribution in [0, 0.1) is 27.7 Å². The van der Waals surface area contributed by atoms with E-state index in [-0.39, 0.29) is 0 Å². The van der Waals surface area contributed by atoms with Crippen molar-refractivity contribution in [2.45, 2.75) is 37.9 Å². The molecule has 0 saturated heterocycles. The van der Waals surface area contributed by atoms with Gasteiger partial charge in [-0.15, -0.1) is 0 Å². The van der Waals surface area contributed by atoms with E-state index in [2.05, 4.69) is 30.9 Å². The number of halogens is 1. The minimum absolute atomic E-state index is 0.745. The van der Waals surface area contributed by atoms with Gasteiger partial charge in [0.25, 0.3) is 0 Å². The van der Waals surface area contributed by atoms with Crippen LogP contribution < -0.4 is 0 Å². The smallest absolute Gasteiger partial charge is 0.194 e. The number of aryl methyl sites for hydroxylation is 3. The molecule has 0 fully saturated rings. The summed E-state index contributed by atoms with van der Waals surface area (Å²) in [7, 11) is 0. The first-order valence-corrected chi connectivity index (χ1v) is 7.20. The molecule has 0 aliphatic heterocycles. The highest BCUT2D eigenvalue weighted by Gasteiger charge is 2.10. The summed E-state index contributed by atoms with van der Waals surface area (Å²) in [4.78, 5) is 13.3. The molecular formula is C13H14BrN3S. The summed E-state index contributed by atoms with van der Waals surface area (Å²) >= 11 is 5.04. The first kappa shape index (κ1) is 13.5. The number of hydrogen-bond acceptors (Lipinski definition) is 4. The van der Waals surface area contributed by atoms with Crippen LogP contribution in [0.3, 0.4) is 0 Å². The van der Waals surface area contributed by atoms with Gasteiger partial charge in [-0.2, -0.15) is 0 Å². The number of rotatable bonds is 2. The van der Waals surface area contributed by atoms with Gasteiger partial charge in [-0.1, -0.05) is 0 Å². The molecule has 0 amide bonds. The summed E-state index contributed by atoms with van der Waals surface area (Å²) in [6.45, 7) is 8.10. The maximum Gasteiger partial charge on any atom is 0.194 e. The molecule has 94 valence electrons. The third-order valence-electron chi connectivity index (χ3n) is 2.85. The molecule has 0 spiro atoms. The highest BCUT2D eigenvalue weighted by atomic mass is 79.9. The normalized spacial score (nSPS) is 10.7. The molecule has 0 aliphatic rings. The van der Waals surface area contributed by atoms with Crippen LogP contribution in [0.5, 0.6) is 0 Å². The van der Waals surface area contributed by atoms with Crippen LogP contribution in [0.15, 0.2) is 26.9 Å². The Morgan fingerprint density at radius 3 is 2.28 bits per heavy atom. The van der Waals surface area contributed by atoms with Gasteiger partial charge in [0.05, 0.1) is 4.47 Å². The molecular weight excluding hydrogens is 310 g/mol. The van der Waals surface area contributed by atoms with Gasteiger partial charge >= 0.3 is 0 Å². The molecule has 3 nitrogen and oxygen atoms in total. The lowest BCUT2D eigenvalue weighted by atomic mass is 10.2. The molecule has 0 bridgehead atoms. The first-order chi connectivity index (χ1) is 8.49. The van der Waals surface area contributed by atoms with Crippen LogP contribution in [0.25, 0.3) is 0 Å². The Morgan fingerprint density at radius 1 is 1.06 bits per heavy atom. The zero-order chi connectivity index (χ0) is 13.3. The summed E-state index contributed by atoms with van der Waals surface area (Å²) in [6, 6.07) is 1.97. The summed E-state index contributed by atoms with van der Waals surface area (Å²) in [5, 5.41) is 1.65. The molecule has 0 aromatic carbocycles. The summed E-state index contributed by atoms with van der Waals surface area (Å²) in [6.07, 6.45) is 1.80. The van der Waals surface area contributed by atoms with Gasteiger partial charge in [0.1, 0.15) is 5.03 Å². The summed E-state index contributed by atoms with van der Waals surface area (Å²) in [5.41, 5.74) is 4.35. The number of pyridine rings is 1. The molecule has 0 N–H and O–H groups in total. The lowest BCUT2D eigenvalue weighted by Gasteiger charge is -2.08. The molecule has 2 aromatic rings. The third kappa shape index (κ3) is 2.72. The number of nitrogens with zero attached hydrogens (tertiary/aromatic N) is 3. The zero-order valence-corrected chi connectivity index (χ0v) is 13.2. The van der Waals surface area contributed by atoms with Gasteiger partial charge in [0.15, 0.2) is 5.16 Å². The minimum Gasteiger partial charge on any atom is -0.248 e. The SMILES string of the molecule is Cc1ccnc(Sc2nc(C)c(C)c(C)n2)c1Br. The Balaban J connectivity index is 2.37. The summed E-state index contributed by atoms with van der Waals surface area (Å²) in [5.74, 6) is 0. The van der Waals surface area contributed by atoms with Crippen molar-refractivity contribution in [3.05, 3.63) is 39.3 Å². The number of aromatic nitrogens is 3. The largest absolute Gasteiger partial charge is 0.248 e. The molecule has 2 heterocycles. The predicted molar refractivity (Wildman–Crippen MR) is 77.0 cm³/mol. The van der Waals surface area contributed by atoms with E-state index in [1.54, 1.807) is 6.20 Å². The van der Waals surface area contributed by atoms with E-state index in [4.69, 9.17) is 0 Å². The monoisotopic (exact) mass is 323 g/mol. The second-order valence-electron chi connectivity index (χ2n) is 4.15. The fourth-order valence-electron chi connectivity index (χ4n) is 1.46. The van der Waals surface area contributed by atoms with Crippen molar-refractivity contribution in [2.75, 3.05) is 0 Å². The van der Waals surface area contributed by atoms with E-state index in [1.807, 2.05) is 33.8 Å². The van der Waals surface area contributed by atoms with E-state index in [0.29, 0.717) is 0 Å². The quantitative estimate of drug-likeness (QED) is 0.782. The van der Waals surface area contributed by atoms with Crippen molar-refractivity contribution < 1.29 is 0 Å². The Hall–Kier alpha value is -0.940. The predicted octanol–water partition coefficient (Wildman–Crippen LogP) is 4.02. The van der Waals surface area contributed by atoms with Crippen molar-refractivity contribution in [3.63, 3.8) is 0 Å². The minimum atomic E-state index is 0.745.